The van der Waals surface area contributed by atoms with Crippen LogP contribution < -0.4 is 15.2 Å². The van der Waals surface area contributed by atoms with Crippen molar-refractivity contribution in [2.24, 2.45) is 5.73 Å². The summed E-state index contributed by atoms with van der Waals surface area (Å²) >= 11 is 0. The zero-order valence-corrected chi connectivity index (χ0v) is 12.3. The van der Waals surface area contributed by atoms with Crippen LogP contribution in [-0.4, -0.2) is 26.1 Å². The Morgan fingerprint density at radius 2 is 1.95 bits per heavy atom. The molecular formula is C12H19N3O3S. The number of anilines is 1. The SMILES string of the molecule is COc1cccc(C(=N)N)c1NS(=O)(=O)C(C)(C)C. The molecule has 4 N–H and O–H groups in total. The van der Waals surface area contributed by atoms with Crippen LogP contribution in [0.15, 0.2) is 18.2 Å². The third-order valence-corrected chi connectivity index (χ3v) is 4.66. The van der Waals surface area contributed by atoms with Crippen molar-refractivity contribution >= 4 is 21.5 Å². The zero-order chi connectivity index (χ0) is 14.8. The van der Waals surface area contributed by atoms with Crippen molar-refractivity contribution in [2.45, 2.75) is 25.5 Å². The van der Waals surface area contributed by atoms with Crippen molar-refractivity contribution in [3.05, 3.63) is 23.8 Å². The number of rotatable bonds is 4. The van der Waals surface area contributed by atoms with Crippen molar-refractivity contribution in [2.75, 3.05) is 11.8 Å². The lowest BCUT2D eigenvalue weighted by molar-refractivity contribution is 0.416. The molecule has 0 aromatic heterocycles. The zero-order valence-electron chi connectivity index (χ0n) is 11.4. The van der Waals surface area contributed by atoms with E-state index in [2.05, 4.69) is 4.72 Å². The molecule has 0 bridgehead atoms. The fourth-order valence-corrected chi connectivity index (χ4v) is 2.10. The average Bonchev–Trinajstić information content (AvgIpc) is 2.26. The van der Waals surface area contributed by atoms with E-state index in [1.54, 1.807) is 39.0 Å². The van der Waals surface area contributed by atoms with Crippen LogP contribution in [0.2, 0.25) is 0 Å². The average molecular weight is 285 g/mol. The van der Waals surface area contributed by atoms with E-state index >= 15 is 0 Å². The number of sulfonamides is 1. The maximum Gasteiger partial charge on any atom is 0.237 e. The highest BCUT2D eigenvalue weighted by Crippen LogP contribution is 2.31. The van der Waals surface area contributed by atoms with Gasteiger partial charge in [0.15, 0.2) is 0 Å². The maximum atomic E-state index is 12.2. The summed E-state index contributed by atoms with van der Waals surface area (Å²) in [6.45, 7) is 4.74. The van der Waals surface area contributed by atoms with Crippen molar-refractivity contribution in [1.82, 2.24) is 0 Å². The first-order valence-corrected chi connectivity index (χ1v) is 7.12. The van der Waals surface area contributed by atoms with E-state index in [-0.39, 0.29) is 17.1 Å². The van der Waals surface area contributed by atoms with Gasteiger partial charge in [0.25, 0.3) is 0 Å². The molecule has 106 valence electrons. The lowest BCUT2D eigenvalue weighted by Crippen LogP contribution is -2.34. The molecule has 0 amide bonds. The minimum atomic E-state index is -3.62. The number of methoxy groups -OCH3 is 1. The Bertz CT molecular complexity index is 589. The van der Waals surface area contributed by atoms with Crippen LogP contribution in [0, 0.1) is 5.41 Å². The Hall–Kier alpha value is -1.76. The molecule has 0 radical (unpaired) electrons. The number of benzene rings is 1. The van der Waals surface area contributed by atoms with Crippen molar-refractivity contribution < 1.29 is 13.2 Å². The van der Waals surface area contributed by atoms with Gasteiger partial charge in [-0.25, -0.2) is 8.42 Å². The number of para-hydroxylation sites is 1. The predicted molar refractivity (Wildman–Crippen MR) is 76.3 cm³/mol. The molecule has 0 fully saturated rings. The first kappa shape index (κ1) is 15.3. The fraction of sp³-hybridized carbons (Fsp3) is 0.417. The Balaban J connectivity index is 3.39. The largest absolute Gasteiger partial charge is 0.495 e. The molecule has 19 heavy (non-hydrogen) atoms. The molecule has 0 aliphatic rings. The third kappa shape index (κ3) is 3.17. The molecule has 1 rings (SSSR count). The van der Waals surface area contributed by atoms with Gasteiger partial charge in [0.05, 0.1) is 11.9 Å². The van der Waals surface area contributed by atoms with Gasteiger partial charge in [0.1, 0.15) is 17.3 Å². The quantitative estimate of drug-likeness (QED) is 0.576. The number of amidine groups is 1. The third-order valence-electron chi connectivity index (χ3n) is 2.58. The van der Waals surface area contributed by atoms with Gasteiger partial charge in [-0.15, -0.1) is 0 Å². The van der Waals surface area contributed by atoms with Crippen LogP contribution in [0.5, 0.6) is 5.75 Å². The number of hydrogen-bond acceptors (Lipinski definition) is 4. The van der Waals surface area contributed by atoms with Crippen LogP contribution in [0.1, 0.15) is 26.3 Å². The van der Waals surface area contributed by atoms with Crippen LogP contribution in [0.3, 0.4) is 0 Å². The summed E-state index contributed by atoms with van der Waals surface area (Å²) < 4.78 is 31.0. The number of nitrogens with two attached hydrogens (primary N) is 1. The van der Waals surface area contributed by atoms with E-state index in [1.807, 2.05) is 0 Å². The van der Waals surface area contributed by atoms with Crippen molar-refractivity contribution in [3.8, 4) is 5.75 Å². The standard InChI is InChI=1S/C12H19N3O3S/c1-12(2,3)19(16,17)15-10-8(11(13)14)6-5-7-9(10)18-4/h5-7,15H,1-4H3,(H3,13,14). The summed E-state index contributed by atoms with van der Waals surface area (Å²) in [6.07, 6.45) is 0. The second-order valence-corrected chi connectivity index (χ2v) is 7.45. The second kappa shape index (κ2) is 5.08. The lowest BCUT2D eigenvalue weighted by Gasteiger charge is -2.22. The Morgan fingerprint density at radius 1 is 1.37 bits per heavy atom. The van der Waals surface area contributed by atoms with Crippen molar-refractivity contribution in [3.63, 3.8) is 0 Å². The summed E-state index contributed by atoms with van der Waals surface area (Å²) in [5, 5.41) is 7.50. The summed E-state index contributed by atoms with van der Waals surface area (Å²) in [6, 6.07) is 4.81. The summed E-state index contributed by atoms with van der Waals surface area (Å²) in [5.74, 6) is 0.0889. The molecule has 0 unspecified atom stereocenters. The minimum Gasteiger partial charge on any atom is -0.495 e. The highest BCUT2D eigenvalue weighted by Gasteiger charge is 2.30. The number of ether oxygens (including phenoxy) is 1. The van der Waals surface area contributed by atoms with E-state index in [0.717, 1.165) is 0 Å². The molecule has 0 aliphatic heterocycles. The van der Waals surface area contributed by atoms with E-state index in [9.17, 15) is 8.42 Å². The number of nitrogens with one attached hydrogen (secondary N) is 2. The first-order chi connectivity index (χ1) is 8.60. The minimum absolute atomic E-state index is 0.187. The Labute approximate surface area is 113 Å². The van der Waals surface area contributed by atoms with Gasteiger partial charge >= 0.3 is 0 Å². The Morgan fingerprint density at radius 3 is 2.37 bits per heavy atom. The summed E-state index contributed by atoms with van der Waals surface area (Å²) in [4.78, 5) is 0. The van der Waals surface area contributed by atoms with Gasteiger partial charge in [-0.05, 0) is 32.9 Å². The molecule has 1 aromatic rings. The lowest BCUT2D eigenvalue weighted by atomic mass is 10.1. The monoisotopic (exact) mass is 285 g/mol. The van der Waals surface area contributed by atoms with E-state index in [4.69, 9.17) is 15.9 Å². The van der Waals surface area contributed by atoms with Gasteiger partial charge in [0, 0.05) is 5.56 Å². The van der Waals surface area contributed by atoms with Gasteiger partial charge in [0.2, 0.25) is 10.0 Å². The van der Waals surface area contributed by atoms with Crippen LogP contribution in [0.4, 0.5) is 5.69 Å². The molecule has 7 heteroatoms. The Kier molecular flexibility index (Phi) is 4.09. The first-order valence-electron chi connectivity index (χ1n) is 5.64. The maximum absolute atomic E-state index is 12.2. The molecule has 0 heterocycles. The van der Waals surface area contributed by atoms with Gasteiger partial charge < -0.3 is 10.5 Å². The molecule has 0 aliphatic carbocycles. The number of nitrogen functional groups attached to an aromatic ring is 1. The molecular weight excluding hydrogens is 266 g/mol. The molecule has 0 saturated carbocycles. The van der Waals surface area contributed by atoms with Gasteiger partial charge in [-0.3, -0.25) is 10.1 Å². The van der Waals surface area contributed by atoms with Crippen LogP contribution >= 0.6 is 0 Å². The smallest absolute Gasteiger partial charge is 0.237 e. The fourth-order valence-electron chi connectivity index (χ4n) is 1.32. The van der Waals surface area contributed by atoms with E-state index in [1.165, 1.54) is 7.11 Å². The summed E-state index contributed by atoms with van der Waals surface area (Å²) in [7, 11) is -2.20. The molecule has 1 aromatic carbocycles. The van der Waals surface area contributed by atoms with Gasteiger partial charge in [-0.1, -0.05) is 6.07 Å². The highest BCUT2D eigenvalue weighted by atomic mass is 32.2. The molecule has 0 saturated heterocycles. The highest BCUT2D eigenvalue weighted by molar-refractivity contribution is 7.94. The summed E-state index contributed by atoms with van der Waals surface area (Å²) in [5.41, 5.74) is 5.93. The van der Waals surface area contributed by atoms with Crippen LogP contribution in [-0.2, 0) is 10.0 Å². The van der Waals surface area contributed by atoms with E-state index in [0.29, 0.717) is 5.75 Å². The second-order valence-electron chi connectivity index (χ2n) is 5.01. The van der Waals surface area contributed by atoms with Gasteiger partial charge in [-0.2, -0.15) is 0 Å². The molecule has 0 atom stereocenters. The van der Waals surface area contributed by atoms with Crippen molar-refractivity contribution in [1.29, 1.82) is 5.41 Å². The van der Waals surface area contributed by atoms with Crippen LogP contribution in [0.25, 0.3) is 0 Å². The molecule has 0 spiro atoms. The normalized spacial score (nSPS) is 12.0. The topological polar surface area (TPSA) is 105 Å². The predicted octanol–water partition coefficient (Wildman–Crippen LogP) is 1.52. The molecule has 6 nitrogen and oxygen atoms in total. The number of hydrogen-bond donors (Lipinski definition) is 3. The van der Waals surface area contributed by atoms with E-state index < -0.39 is 14.8 Å².